The van der Waals surface area contributed by atoms with E-state index in [4.69, 9.17) is 5.11 Å². The van der Waals surface area contributed by atoms with Gasteiger partial charge in [0.05, 0.1) is 35.4 Å². The third kappa shape index (κ3) is 3.46. The fourth-order valence-electron chi connectivity index (χ4n) is 3.01. The lowest BCUT2D eigenvalue weighted by Gasteiger charge is -2.26. The smallest absolute Gasteiger partial charge is 0.335 e. The Kier molecular flexibility index (Phi) is 5.03. The third-order valence-electron chi connectivity index (χ3n) is 4.36. The molecule has 0 spiro atoms. The zero-order valence-electron chi connectivity index (χ0n) is 14.5. The zero-order valence-corrected chi connectivity index (χ0v) is 15.3. The molecule has 0 bridgehead atoms. The van der Waals surface area contributed by atoms with Crippen molar-refractivity contribution in [2.45, 2.75) is 18.9 Å². The molecule has 1 atom stereocenters. The monoisotopic (exact) mass is 376 g/mol. The van der Waals surface area contributed by atoms with E-state index >= 15 is 0 Å². The Hall–Kier alpha value is -2.36. The highest BCUT2D eigenvalue weighted by Crippen LogP contribution is 2.34. The van der Waals surface area contributed by atoms with Crippen LogP contribution in [0.1, 0.15) is 34.9 Å². The van der Waals surface area contributed by atoms with Gasteiger partial charge in [-0.2, -0.15) is 17.0 Å². The average molecular weight is 376 g/mol. The minimum absolute atomic E-state index is 0.160. The molecule has 9 heteroatoms. The first-order valence-electron chi connectivity index (χ1n) is 8.15. The van der Waals surface area contributed by atoms with E-state index in [2.05, 4.69) is 9.97 Å². The second-order valence-corrected chi connectivity index (χ2v) is 8.37. The molecule has 0 saturated carbocycles. The van der Waals surface area contributed by atoms with Crippen LogP contribution >= 0.6 is 0 Å². The molecule has 8 nitrogen and oxygen atoms in total. The van der Waals surface area contributed by atoms with E-state index in [1.54, 1.807) is 24.5 Å². The van der Waals surface area contributed by atoms with E-state index < -0.39 is 16.2 Å². The van der Waals surface area contributed by atoms with Crippen molar-refractivity contribution >= 4 is 16.2 Å². The number of carboxylic acid groups (broad SMARTS) is 1. The maximum atomic E-state index is 12.5. The summed E-state index contributed by atoms with van der Waals surface area (Å²) in [5.74, 6) is -1.02. The standard InChI is InChI=1S/C17H20N4O4S/c1-20(2)26(24,25)21-8-4-7-16(21)15-11-18-10-14(19-15)12-5-3-6-13(9-12)17(22)23/h3,5-6,9-11,16H,4,7-8H2,1-2H3,(H,22,23). The molecule has 0 radical (unpaired) electrons. The lowest BCUT2D eigenvalue weighted by Crippen LogP contribution is -2.39. The van der Waals surface area contributed by atoms with Gasteiger partial charge in [-0.05, 0) is 25.0 Å². The third-order valence-corrected chi connectivity index (χ3v) is 6.31. The van der Waals surface area contributed by atoms with Crippen molar-refractivity contribution in [1.82, 2.24) is 18.6 Å². The van der Waals surface area contributed by atoms with Crippen LogP contribution in [0.4, 0.5) is 0 Å². The first kappa shape index (κ1) is 18.4. The van der Waals surface area contributed by atoms with Gasteiger partial charge in [-0.15, -0.1) is 0 Å². The van der Waals surface area contributed by atoms with Crippen LogP contribution in [0.15, 0.2) is 36.7 Å². The summed E-state index contributed by atoms with van der Waals surface area (Å²) < 4.78 is 27.7. The van der Waals surface area contributed by atoms with Crippen molar-refractivity contribution in [3.05, 3.63) is 47.9 Å². The van der Waals surface area contributed by atoms with Crippen molar-refractivity contribution in [1.29, 1.82) is 0 Å². The molecule has 1 saturated heterocycles. The molecule has 1 aliphatic heterocycles. The highest BCUT2D eigenvalue weighted by atomic mass is 32.2. The van der Waals surface area contributed by atoms with Crippen LogP contribution in [0.2, 0.25) is 0 Å². The van der Waals surface area contributed by atoms with Gasteiger partial charge in [0.15, 0.2) is 0 Å². The zero-order chi connectivity index (χ0) is 18.9. The van der Waals surface area contributed by atoms with Gasteiger partial charge in [0, 0.05) is 26.2 Å². The number of hydrogen-bond donors (Lipinski definition) is 1. The Balaban J connectivity index is 1.97. The molecular formula is C17H20N4O4S. The lowest BCUT2D eigenvalue weighted by atomic mass is 10.1. The molecule has 0 aliphatic carbocycles. The van der Waals surface area contributed by atoms with Crippen LogP contribution in [-0.4, -0.2) is 58.7 Å². The van der Waals surface area contributed by atoms with Gasteiger partial charge in [-0.3, -0.25) is 4.98 Å². The molecular weight excluding hydrogens is 356 g/mol. The summed E-state index contributed by atoms with van der Waals surface area (Å²) in [6, 6.07) is 6.05. The van der Waals surface area contributed by atoms with Crippen LogP contribution in [0, 0.1) is 0 Å². The lowest BCUT2D eigenvalue weighted by molar-refractivity contribution is 0.0697. The number of nitrogens with zero attached hydrogens (tertiary/aromatic N) is 4. The summed E-state index contributed by atoms with van der Waals surface area (Å²) in [5.41, 5.74) is 1.86. The van der Waals surface area contributed by atoms with Crippen molar-refractivity contribution in [2.75, 3.05) is 20.6 Å². The Labute approximate surface area is 152 Å². The number of aromatic nitrogens is 2. The second-order valence-electron chi connectivity index (χ2n) is 6.27. The fourth-order valence-corrected chi connectivity index (χ4v) is 4.33. The summed E-state index contributed by atoms with van der Waals surface area (Å²) >= 11 is 0. The molecule has 1 unspecified atom stereocenters. The Bertz CT molecular complexity index is 930. The molecule has 1 aliphatic rings. The number of aromatic carboxylic acids is 1. The van der Waals surface area contributed by atoms with Crippen LogP contribution in [0.25, 0.3) is 11.3 Å². The molecule has 2 heterocycles. The quantitative estimate of drug-likeness (QED) is 0.853. The van der Waals surface area contributed by atoms with Crippen molar-refractivity contribution in [3.63, 3.8) is 0 Å². The number of rotatable bonds is 5. The maximum Gasteiger partial charge on any atom is 0.335 e. The Morgan fingerprint density at radius 1 is 1.31 bits per heavy atom. The summed E-state index contributed by atoms with van der Waals surface area (Å²) in [6.45, 7) is 0.436. The van der Waals surface area contributed by atoms with E-state index in [0.717, 1.165) is 6.42 Å². The molecule has 1 N–H and O–H groups in total. The molecule has 138 valence electrons. The van der Waals surface area contributed by atoms with Crippen molar-refractivity contribution in [2.24, 2.45) is 0 Å². The van der Waals surface area contributed by atoms with Crippen molar-refractivity contribution < 1.29 is 18.3 Å². The van der Waals surface area contributed by atoms with Crippen LogP contribution in [-0.2, 0) is 10.2 Å². The highest BCUT2D eigenvalue weighted by molar-refractivity contribution is 7.86. The molecule has 1 aromatic carbocycles. The number of carboxylic acids is 1. The first-order valence-corrected chi connectivity index (χ1v) is 9.55. The summed E-state index contributed by atoms with van der Waals surface area (Å²) in [5, 5.41) is 9.15. The van der Waals surface area contributed by atoms with Gasteiger partial charge in [-0.1, -0.05) is 12.1 Å². The van der Waals surface area contributed by atoms with Gasteiger partial charge in [0.1, 0.15) is 0 Å². The molecule has 26 heavy (non-hydrogen) atoms. The first-order chi connectivity index (χ1) is 12.3. The van der Waals surface area contributed by atoms with Gasteiger partial charge in [0.2, 0.25) is 0 Å². The number of hydrogen-bond acceptors (Lipinski definition) is 5. The molecule has 1 aromatic heterocycles. The minimum atomic E-state index is -3.55. The number of benzene rings is 1. The predicted octanol–water partition coefficient (Wildman–Crippen LogP) is 1.79. The van der Waals surface area contributed by atoms with Gasteiger partial charge >= 0.3 is 5.97 Å². The van der Waals surface area contributed by atoms with E-state index in [1.807, 2.05) is 0 Å². The second kappa shape index (κ2) is 7.10. The van der Waals surface area contributed by atoms with Crippen LogP contribution < -0.4 is 0 Å². The summed E-state index contributed by atoms with van der Waals surface area (Å²) in [7, 11) is -0.540. The van der Waals surface area contributed by atoms with Crippen LogP contribution in [0.5, 0.6) is 0 Å². The van der Waals surface area contributed by atoms with Crippen LogP contribution in [0.3, 0.4) is 0 Å². The predicted molar refractivity (Wildman–Crippen MR) is 95.7 cm³/mol. The van der Waals surface area contributed by atoms with E-state index in [0.29, 0.717) is 29.9 Å². The largest absolute Gasteiger partial charge is 0.478 e. The Morgan fingerprint density at radius 3 is 2.77 bits per heavy atom. The SMILES string of the molecule is CN(C)S(=O)(=O)N1CCCC1c1cncc(-c2cccc(C(=O)O)c2)n1. The average Bonchev–Trinajstić information content (AvgIpc) is 3.12. The van der Waals surface area contributed by atoms with E-state index in [-0.39, 0.29) is 11.6 Å². The fraction of sp³-hybridized carbons (Fsp3) is 0.353. The summed E-state index contributed by atoms with van der Waals surface area (Å²) in [6.07, 6.45) is 4.53. The normalized spacial score (nSPS) is 18.3. The highest BCUT2D eigenvalue weighted by Gasteiger charge is 2.37. The van der Waals surface area contributed by atoms with Gasteiger partial charge in [0.25, 0.3) is 10.2 Å². The van der Waals surface area contributed by atoms with E-state index in [9.17, 15) is 13.2 Å². The topological polar surface area (TPSA) is 104 Å². The maximum absolute atomic E-state index is 12.5. The Morgan fingerprint density at radius 2 is 2.08 bits per heavy atom. The molecule has 2 aromatic rings. The summed E-state index contributed by atoms with van der Waals surface area (Å²) in [4.78, 5) is 19.9. The molecule has 0 amide bonds. The van der Waals surface area contributed by atoms with Gasteiger partial charge < -0.3 is 5.11 Å². The van der Waals surface area contributed by atoms with E-state index in [1.165, 1.54) is 34.8 Å². The molecule has 3 rings (SSSR count). The molecule has 1 fully saturated rings. The number of carbonyl (C=O) groups is 1. The van der Waals surface area contributed by atoms with Gasteiger partial charge in [-0.25, -0.2) is 9.78 Å². The minimum Gasteiger partial charge on any atom is -0.478 e. The van der Waals surface area contributed by atoms with Crippen molar-refractivity contribution in [3.8, 4) is 11.3 Å².